The van der Waals surface area contributed by atoms with Gasteiger partial charge < -0.3 is 15.5 Å². The summed E-state index contributed by atoms with van der Waals surface area (Å²) in [4.78, 5) is 13.9. The van der Waals surface area contributed by atoms with Crippen molar-refractivity contribution < 1.29 is 4.79 Å². The summed E-state index contributed by atoms with van der Waals surface area (Å²) in [7, 11) is 3.72. The molecule has 6 heteroatoms. The molecule has 24 heavy (non-hydrogen) atoms. The lowest BCUT2D eigenvalue weighted by atomic mass is 9.77. The molecule has 1 aromatic carbocycles. The molecule has 3 rings (SSSR count). The standard InChI is InChI=1S/C18H21Cl2N3O/c1-21-18(24)22-13-5-3-4-11(6-13)15-9-23(2)10-16-14(15)7-12(19)8-17(16)20/h3-5,7-8,11,15H,6,9-10H2,1-2H3,(H2,21,22,24). The number of nitrogens with zero attached hydrogens (tertiary/aromatic N) is 1. The number of benzene rings is 1. The molecule has 0 aromatic heterocycles. The van der Waals surface area contributed by atoms with Crippen LogP contribution in [0.2, 0.25) is 10.0 Å². The number of carbonyl (C=O) groups excluding carboxylic acids is 1. The van der Waals surface area contributed by atoms with Crippen molar-refractivity contribution in [1.82, 2.24) is 15.5 Å². The first kappa shape index (κ1) is 17.3. The van der Waals surface area contributed by atoms with E-state index in [9.17, 15) is 4.79 Å². The largest absolute Gasteiger partial charge is 0.341 e. The van der Waals surface area contributed by atoms with Gasteiger partial charge in [0.25, 0.3) is 0 Å². The molecule has 2 unspecified atom stereocenters. The average molecular weight is 366 g/mol. The van der Waals surface area contributed by atoms with Gasteiger partial charge in [0.15, 0.2) is 0 Å². The van der Waals surface area contributed by atoms with E-state index in [2.05, 4.69) is 28.7 Å². The Balaban J connectivity index is 1.87. The summed E-state index contributed by atoms with van der Waals surface area (Å²) in [6.45, 7) is 1.77. The Morgan fingerprint density at radius 2 is 2.12 bits per heavy atom. The zero-order chi connectivity index (χ0) is 17.3. The predicted octanol–water partition coefficient (Wildman–Crippen LogP) is 3.91. The quantitative estimate of drug-likeness (QED) is 0.834. The van der Waals surface area contributed by atoms with E-state index in [1.54, 1.807) is 7.05 Å². The molecule has 0 fully saturated rings. The van der Waals surface area contributed by atoms with Crippen LogP contribution in [0.15, 0.2) is 36.1 Å². The summed E-state index contributed by atoms with van der Waals surface area (Å²) < 4.78 is 0. The normalized spacial score (nSPS) is 23.4. The summed E-state index contributed by atoms with van der Waals surface area (Å²) in [6.07, 6.45) is 6.95. The first-order valence-electron chi connectivity index (χ1n) is 8.00. The van der Waals surface area contributed by atoms with Gasteiger partial charge >= 0.3 is 6.03 Å². The van der Waals surface area contributed by atoms with Gasteiger partial charge in [0, 0.05) is 41.8 Å². The molecule has 2 amide bonds. The van der Waals surface area contributed by atoms with Gasteiger partial charge in [-0.15, -0.1) is 0 Å². The second-order valence-electron chi connectivity index (χ2n) is 6.41. The maximum atomic E-state index is 11.6. The van der Waals surface area contributed by atoms with Crippen LogP contribution in [0.25, 0.3) is 0 Å². The molecule has 0 saturated carbocycles. The van der Waals surface area contributed by atoms with Crippen LogP contribution < -0.4 is 10.6 Å². The van der Waals surface area contributed by atoms with Gasteiger partial charge in [-0.2, -0.15) is 0 Å². The topological polar surface area (TPSA) is 44.4 Å². The number of fused-ring (bicyclic) bond motifs is 1. The van der Waals surface area contributed by atoms with Crippen LogP contribution >= 0.6 is 23.2 Å². The molecule has 0 radical (unpaired) electrons. The Bertz CT molecular complexity index is 714. The van der Waals surface area contributed by atoms with Crippen LogP contribution in [0.1, 0.15) is 23.5 Å². The van der Waals surface area contributed by atoms with Crippen LogP contribution in [-0.4, -0.2) is 31.6 Å². The molecule has 0 bridgehead atoms. The van der Waals surface area contributed by atoms with Crippen molar-refractivity contribution in [3.8, 4) is 0 Å². The smallest absolute Gasteiger partial charge is 0.318 e. The number of nitrogens with one attached hydrogen (secondary N) is 2. The fourth-order valence-electron chi connectivity index (χ4n) is 3.54. The minimum absolute atomic E-state index is 0.192. The second kappa shape index (κ2) is 7.18. The third kappa shape index (κ3) is 3.61. The zero-order valence-corrected chi connectivity index (χ0v) is 15.3. The van der Waals surface area contributed by atoms with Gasteiger partial charge in [-0.05, 0) is 48.7 Å². The van der Waals surface area contributed by atoms with Crippen LogP contribution in [0.4, 0.5) is 4.79 Å². The molecular formula is C18H21Cl2N3O. The molecule has 128 valence electrons. The lowest BCUT2D eigenvalue weighted by molar-refractivity contribution is 0.242. The van der Waals surface area contributed by atoms with E-state index >= 15 is 0 Å². The van der Waals surface area contributed by atoms with Crippen molar-refractivity contribution in [2.24, 2.45) is 5.92 Å². The third-order valence-electron chi connectivity index (χ3n) is 4.66. The molecule has 2 atom stereocenters. The number of hydrogen-bond donors (Lipinski definition) is 2. The van der Waals surface area contributed by atoms with Gasteiger partial charge in [-0.3, -0.25) is 0 Å². The SMILES string of the molecule is CNC(=O)NC1=CC=CC(C2CN(C)Cc3c(Cl)cc(Cl)cc32)C1. The molecule has 0 spiro atoms. The average Bonchev–Trinajstić information content (AvgIpc) is 2.55. The Morgan fingerprint density at radius 3 is 2.88 bits per heavy atom. The molecule has 2 N–H and O–H groups in total. The Kier molecular flexibility index (Phi) is 5.18. The van der Waals surface area contributed by atoms with E-state index in [0.29, 0.717) is 10.9 Å². The molecular weight excluding hydrogens is 345 g/mol. The summed E-state index contributed by atoms with van der Waals surface area (Å²) in [5.41, 5.74) is 3.30. The summed E-state index contributed by atoms with van der Waals surface area (Å²) in [6, 6.07) is 3.66. The Hall–Kier alpha value is -1.49. The molecule has 1 aromatic rings. The Morgan fingerprint density at radius 1 is 1.33 bits per heavy atom. The van der Waals surface area contributed by atoms with E-state index in [4.69, 9.17) is 23.2 Å². The van der Waals surface area contributed by atoms with Gasteiger partial charge in [0.05, 0.1) is 0 Å². The van der Waals surface area contributed by atoms with Gasteiger partial charge in [0.1, 0.15) is 0 Å². The van der Waals surface area contributed by atoms with Gasteiger partial charge in [-0.25, -0.2) is 4.79 Å². The highest BCUT2D eigenvalue weighted by atomic mass is 35.5. The lowest BCUT2D eigenvalue weighted by Gasteiger charge is -2.37. The predicted molar refractivity (Wildman–Crippen MR) is 98.5 cm³/mol. The number of allylic oxidation sites excluding steroid dienone is 4. The lowest BCUT2D eigenvalue weighted by Crippen LogP contribution is -2.36. The molecule has 0 saturated heterocycles. The molecule has 1 heterocycles. The van der Waals surface area contributed by atoms with Crippen molar-refractivity contribution in [1.29, 1.82) is 0 Å². The highest BCUT2D eigenvalue weighted by Gasteiger charge is 2.31. The number of hydrogen-bond acceptors (Lipinski definition) is 2. The maximum Gasteiger partial charge on any atom is 0.318 e. The molecule has 4 nitrogen and oxygen atoms in total. The second-order valence-corrected chi connectivity index (χ2v) is 7.25. The van der Waals surface area contributed by atoms with E-state index in [0.717, 1.165) is 35.8 Å². The number of amides is 2. The Labute approximate surface area is 152 Å². The van der Waals surface area contributed by atoms with Crippen LogP contribution in [-0.2, 0) is 6.54 Å². The first-order chi connectivity index (χ1) is 11.5. The van der Waals surface area contributed by atoms with Gasteiger partial charge in [0.2, 0.25) is 0 Å². The van der Waals surface area contributed by atoms with Gasteiger partial charge in [-0.1, -0.05) is 35.4 Å². The summed E-state index contributed by atoms with van der Waals surface area (Å²) in [5, 5.41) is 6.88. The number of halogens is 2. The number of rotatable bonds is 2. The number of urea groups is 1. The van der Waals surface area contributed by atoms with E-state index in [-0.39, 0.29) is 11.9 Å². The fraction of sp³-hybridized carbons (Fsp3) is 0.389. The maximum absolute atomic E-state index is 11.6. The highest BCUT2D eigenvalue weighted by Crippen LogP contribution is 2.41. The third-order valence-corrected chi connectivity index (χ3v) is 5.22. The molecule has 1 aliphatic carbocycles. The van der Waals surface area contributed by atoms with Crippen molar-refractivity contribution in [3.63, 3.8) is 0 Å². The van der Waals surface area contributed by atoms with E-state index < -0.39 is 0 Å². The van der Waals surface area contributed by atoms with Crippen molar-refractivity contribution >= 4 is 29.2 Å². The van der Waals surface area contributed by atoms with Crippen molar-refractivity contribution in [2.75, 3.05) is 20.6 Å². The minimum Gasteiger partial charge on any atom is -0.341 e. The van der Waals surface area contributed by atoms with Crippen molar-refractivity contribution in [2.45, 2.75) is 18.9 Å². The van der Waals surface area contributed by atoms with E-state index in [1.807, 2.05) is 24.3 Å². The molecule has 2 aliphatic rings. The minimum atomic E-state index is -0.192. The van der Waals surface area contributed by atoms with E-state index in [1.165, 1.54) is 5.56 Å². The fourth-order valence-corrected chi connectivity index (χ4v) is 4.11. The van der Waals surface area contributed by atoms with Crippen LogP contribution in [0.5, 0.6) is 0 Å². The van der Waals surface area contributed by atoms with Crippen molar-refractivity contribution in [3.05, 3.63) is 57.2 Å². The first-order valence-corrected chi connectivity index (χ1v) is 8.76. The number of likely N-dealkylation sites (N-methyl/N-ethyl adjacent to an activating group) is 1. The van der Waals surface area contributed by atoms with Crippen LogP contribution in [0, 0.1) is 5.92 Å². The zero-order valence-electron chi connectivity index (χ0n) is 13.8. The molecule has 1 aliphatic heterocycles. The summed E-state index contributed by atoms with van der Waals surface area (Å²) >= 11 is 12.7. The summed E-state index contributed by atoms with van der Waals surface area (Å²) in [5.74, 6) is 0.583. The number of carbonyl (C=O) groups is 1. The monoisotopic (exact) mass is 365 g/mol. The van der Waals surface area contributed by atoms with Crippen LogP contribution in [0.3, 0.4) is 0 Å². The highest BCUT2D eigenvalue weighted by molar-refractivity contribution is 6.35.